The summed E-state index contributed by atoms with van der Waals surface area (Å²) < 4.78 is 15.4. The zero-order valence-electron chi connectivity index (χ0n) is 13.8. The van der Waals surface area contributed by atoms with Crippen LogP contribution in [0.1, 0.15) is 33.6 Å². The number of Topliss-reactive ketones (excluding diaryl/α,β-unsaturated/α-hetero) is 1. The highest BCUT2D eigenvalue weighted by Gasteiger charge is 2.65. The van der Waals surface area contributed by atoms with Crippen LogP contribution in [0.2, 0.25) is 0 Å². The second-order valence-electron chi connectivity index (χ2n) is 6.01. The normalized spacial score (nSPS) is 30.7. The van der Waals surface area contributed by atoms with Crippen molar-refractivity contribution in [1.29, 1.82) is 0 Å². The smallest absolute Gasteiger partial charge is 0.347 e. The molecule has 0 amide bonds. The number of carbonyl (C=O) groups excluding carboxylic acids is 2. The van der Waals surface area contributed by atoms with Crippen LogP contribution >= 0.6 is 0 Å². The van der Waals surface area contributed by atoms with Gasteiger partial charge in [-0.15, -0.1) is 6.58 Å². The number of hydrogen-bond donors (Lipinski definition) is 1. The third-order valence-corrected chi connectivity index (χ3v) is 4.53. The maximum absolute atomic E-state index is 12.8. The van der Waals surface area contributed by atoms with Crippen LogP contribution in [-0.2, 0) is 23.8 Å². The Bertz CT molecular complexity index is 434. The number of cyclic esters (lactones) is 1. The zero-order valence-corrected chi connectivity index (χ0v) is 13.8. The number of methoxy groups -OCH3 is 1. The molecule has 0 aromatic rings. The second-order valence-corrected chi connectivity index (χ2v) is 6.01. The van der Waals surface area contributed by atoms with Gasteiger partial charge in [-0.3, -0.25) is 4.79 Å². The highest BCUT2D eigenvalue weighted by atomic mass is 16.7. The van der Waals surface area contributed by atoms with Crippen molar-refractivity contribution in [2.75, 3.05) is 20.5 Å². The minimum absolute atomic E-state index is 0.00418. The fourth-order valence-corrected chi connectivity index (χ4v) is 2.55. The van der Waals surface area contributed by atoms with Crippen LogP contribution in [0.15, 0.2) is 12.7 Å². The number of aliphatic hydroxyl groups excluding tert-OH is 1. The van der Waals surface area contributed by atoms with E-state index in [0.717, 1.165) is 6.42 Å². The Morgan fingerprint density at radius 2 is 2.23 bits per heavy atom. The minimum atomic E-state index is -1.82. The van der Waals surface area contributed by atoms with Crippen LogP contribution < -0.4 is 0 Å². The highest BCUT2D eigenvalue weighted by molar-refractivity contribution is 6.10. The monoisotopic (exact) mass is 314 g/mol. The summed E-state index contributed by atoms with van der Waals surface area (Å²) in [6, 6.07) is 0. The van der Waals surface area contributed by atoms with Crippen molar-refractivity contribution in [3.8, 4) is 0 Å². The molecular weight excluding hydrogens is 288 g/mol. The molecule has 22 heavy (non-hydrogen) atoms. The van der Waals surface area contributed by atoms with Crippen molar-refractivity contribution in [2.45, 2.75) is 45.3 Å². The number of ketones is 1. The highest BCUT2D eigenvalue weighted by Crippen LogP contribution is 2.44. The maximum atomic E-state index is 12.8. The summed E-state index contributed by atoms with van der Waals surface area (Å²) >= 11 is 0. The van der Waals surface area contributed by atoms with Gasteiger partial charge in [0.1, 0.15) is 13.4 Å². The van der Waals surface area contributed by atoms with Gasteiger partial charge in [0.25, 0.3) is 0 Å². The molecule has 1 rings (SSSR count). The third-order valence-electron chi connectivity index (χ3n) is 4.53. The summed E-state index contributed by atoms with van der Waals surface area (Å²) in [5, 5.41) is 10.1. The van der Waals surface area contributed by atoms with Crippen molar-refractivity contribution >= 4 is 11.8 Å². The van der Waals surface area contributed by atoms with E-state index in [9.17, 15) is 14.7 Å². The molecule has 6 nitrogen and oxygen atoms in total. The van der Waals surface area contributed by atoms with Gasteiger partial charge in [0.2, 0.25) is 5.60 Å². The topological polar surface area (TPSA) is 82.1 Å². The zero-order chi connectivity index (χ0) is 17.0. The fraction of sp³-hybridized carbons (Fsp3) is 0.750. The first-order valence-corrected chi connectivity index (χ1v) is 7.44. The standard InChI is InChI=1S/C16H26O6/c1-6-11(3)12(17)8-13(18)16(22-10-20-5)14(19)21-9-15(16,4)7-2/h7,11-12,17H,2,6,8-10H2,1,3-5H3/t11-,12+,15-,16-/m0/s1. The minimum Gasteiger partial charge on any atom is -0.462 e. The summed E-state index contributed by atoms with van der Waals surface area (Å²) in [4.78, 5) is 25.1. The van der Waals surface area contributed by atoms with E-state index in [1.54, 1.807) is 6.92 Å². The van der Waals surface area contributed by atoms with Crippen LogP contribution in [0.3, 0.4) is 0 Å². The molecule has 0 saturated carbocycles. The van der Waals surface area contributed by atoms with Crippen LogP contribution in [0, 0.1) is 11.3 Å². The average Bonchev–Trinajstić information content (AvgIpc) is 2.77. The molecule has 0 unspecified atom stereocenters. The Balaban J connectivity index is 3.13. The van der Waals surface area contributed by atoms with Gasteiger partial charge < -0.3 is 19.3 Å². The van der Waals surface area contributed by atoms with E-state index in [-0.39, 0.29) is 25.7 Å². The number of rotatable bonds is 9. The molecular formula is C16H26O6. The molecule has 1 aliphatic rings. The van der Waals surface area contributed by atoms with Crippen molar-refractivity contribution in [3.63, 3.8) is 0 Å². The summed E-state index contributed by atoms with van der Waals surface area (Å²) in [6.45, 7) is 8.92. The molecule has 1 heterocycles. The Morgan fingerprint density at radius 1 is 1.59 bits per heavy atom. The van der Waals surface area contributed by atoms with Gasteiger partial charge in [0.15, 0.2) is 5.78 Å². The van der Waals surface area contributed by atoms with Crippen LogP contribution in [-0.4, -0.2) is 49.1 Å². The number of esters is 1. The lowest BCUT2D eigenvalue weighted by molar-refractivity contribution is -0.188. The summed E-state index contributed by atoms with van der Waals surface area (Å²) in [6.07, 6.45) is 1.19. The molecule has 1 N–H and O–H groups in total. The lowest BCUT2D eigenvalue weighted by Gasteiger charge is -2.36. The van der Waals surface area contributed by atoms with E-state index in [2.05, 4.69) is 6.58 Å². The summed E-state index contributed by atoms with van der Waals surface area (Å²) in [5.74, 6) is -1.33. The maximum Gasteiger partial charge on any atom is 0.347 e. The van der Waals surface area contributed by atoms with E-state index in [0.29, 0.717) is 0 Å². The van der Waals surface area contributed by atoms with Gasteiger partial charge in [0, 0.05) is 13.5 Å². The van der Waals surface area contributed by atoms with E-state index < -0.39 is 28.9 Å². The van der Waals surface area contributed by atoms with Gasteiger partial charge >= 0.3 is 5.97 Å². The van der Waals surface area contributed by atoms with Gasteiger partial charge in [-0.2, -0.15) is 0 Å². The van der Waals surface area contributed by atoms with Crippen molar-refractivity contribution in [3.05, 3.63) is 12.7 Å². The van der Waals surface area contributed by atoms with Crippen LogP contribution in [0.25, 0.3) is 0 Å². The first kappa shape index (κ1) is 18.8. The molecule has 6 heteroatoms. The fourth-order valence-electron chi connectivity index (χ4n) is 2.55. The Hall–Kier alpha value is -1.24. The van der Waals surface area contributed by atoms with E-state index in [1.165, 1.54) is 13.2 Å². The number of hydrogen-bond acceptors (Lipinski definition) is 6. The first-order valence-electron chi connectivity index (χ1n) is 7.44. The first-order chi connectivity index (χ1) is 10.3. The van der Waals surface area contributed by atoms with E-state index in [4.69, 9.17) is 14.2 Å². The van der Waals surface area contributed by atoms with E-state index in [1.807, 2.05) is 13.8 Å². The van der Waals surface area contributed by atoms with Gasteiger partial charge in [-0.1, -0.05) is 26.3 Å². The predicted octanol–water partition coefficient (Wildman–Crippen LogP) is 1.46. The van der Waals surface area contributed by atoms with Crippen molar-refractivity contribution in [2.24, 2.45) is 11.3 Å². The molecule has 0 bridgehead atoms. The SMILES string of the molecule is C=C[C@@]1(C)COC(=O)[C@@]1(OCOC)C(=O)C[C@@H](O)[C@@H](C)CC. The average molecular weight is 314 g/mol. The molecule has 1 aliphatic heterocycles. The lowest BCUT2D eigenvalue weighted by Crippen LogP contribution is -2.57. The van der Waals surface area contributed by atoms with Gasteiger partial charge in [0.05, 0.1) is 11.5 Å². The number of carbonyl (C=O) groups is 2. The third kappa shape index (κ3) is 3.09. The van der Waals surface area contributed by atoms with Crippen LogP contribution in [0.4, 0.5) is 0 Å². The van der Waals surface area contributed by atoms with Crippen LogP contribution in [0.5, 0.6) is 0 Å². The number of ether oxygens (including phenoxy) is 3. The summed E-state index contributed by atoms with van der Waals surface area (Å²) in [5.41, 5.74) is -2.83. The lowest BCUT2D eigenvalue weighted by atomic mass is 9.71. The largest absolute Gasteiger partial charge is 0.462 e. The van der Waals surface area contributed by atoms with Crippen molar-refractivity contribution in [1.82, 2.24) is 0 Å². The Labute approximate surface area is 131 Å². The molecule has 126 valence electrons. The van der Waals surface area contributed by atoms with Gasteiger partial charge in [-0.25, -0.2) is 4.79 Å². The molecule has 0 aliphatic carbocycles. The molecule has 1 saturated heterocycles. The molecule has 4 atom stereocenters. The molecule has 0 spiro atoms. The second kappa shape index (κ2) is 7.35. The van der Waals surface area contributed by atoms with Crippen molar-refractivity contribution < 1.29 is 28.9 Å². The quantitative estimate of drug-likeness (QED) is 0.300. The number of aliphatic hydroxyl groups is 1. The molecule has 1 fully saturated rings. The Kier molecular flexibility index (Phi) is 6.28. The van der Waals surface area contributed by atoms with E-state index >= 15 is 0 Å². The van der Waals surface area contributed by atoms with Gasteiger partial charge in [-0.05, 0) is 12.8 Å². The molecule has 0 aromatic heterocycles. The molecule has 0 aromatic carbocycles. The summed E-state index contributed by atoms with van der Waals surface area (Å²) in [7, 11) is 1.40. The Morgan fingerprint density at radius 3 is 2.73 bits per heavy atom. The molecule has 0 radical (unpaired) electrons. The predicted molar refractivity (Wildman–Crippen MR) is 80.0 cm³/mol.